The lowest BCUT2D eigenvalue weighted by Crippen LogP contribution is -2.54. The first-order valence-corrected chi connectivity index (χ1v) is 15.0. The summed E-state index contributed by atoms with van der Waals surface area (Å²) in [5, 5.41) is 0. The van der Waals surface area contributed by atoms with Crippen molar-refractivity contribution in [3.05, 3.63) is 114 Å². The molecule has 0 bridgehead atoms. The van der Waals surface area contributed by atoms with Gasteiger partial charge in [-0.15, -0.1) is 0 Å². The van der Waals surface area contributed by atoms with Gasteiger partial charge in [0.15, 0.2) is 0 Å². The summed E-state index contributed by atoms with van der Waals surface area (Å²) in [6.45, 7) is 17.6. The van der Waals surface area contributed by atoms with Crippen LogP contribution in [0.4, 0.5) is 26.3 Å². The molecule has 4 aromatic carbocycles. The van der Waals surface area contributed by atoms with Gasteiger partial charge in [0.05, 0.1) is 0 Å². The van der Waals surface area contributed by atoms with Crippen LogP contribution in [0.25, 0.3) is 11.1 Å². The lowest BCUT2D eigenvalue weighted by molar-refractivity contribution is -0.288. The molecule has 0 spiro atoms. The maximum Gasteiger partial charge on any atom is 0.411 e. The number of hydrogen-bond acceptors (Lipinski definition) is 3. The van der Waals surface area contributed by atoms with Gasteiger partial charge in [-0.25, -0.2) is 0 Å². The van der Waals surface area contributed by atoms with Crippen molar-refractivity contribution in [3.63, 3.8) is 0 Å². The molecule has 9 heteroatoms. The van der Waals surface area contributed by atoms with E-state index in [1.807, 2.05) is 44.9 Å². The smallest absolute Gasteiger partial charge is 0.411 e. The van der Waals surface area contributed by atoms with E-state index in [1.54, 1.807) is 32.9 Å². The number of rotatable bonds is 6. The van der Waals surface area contributed by atoms with Crippen molar-refractivity contribution in [1.82, 2.24) is 0 Å². The molecule has 47 heavy (non-hydrogen) atoms. The largest absolute Gasteiger partial charge is 0.488 e. The Morgan fingerprint density at radius 2 is 0.766 bits per heavy atom. The zero-order chi connectivity index (χ0) is 35.8. The molecule has 4 aromatic rings. The zero-order valence-electron chi connectivity index (χ0n) is 27.9. The second-order valence-corrected chi connectivity index (χ2v) is 12.5. The van der Waals surface area contributed by atoms with Crippen molar-refractivity contribution in [2.24, 2.45) is 0 Å². The van der Waals surface area contributed by atoms with Gasteiger partial charge in [-0.3, -0.25) is 0 Å². The van der Waals surface area contributed by atoms with E-state index in [1.165, 1.54) is 5.56 Å². The average molecular weight is 661 g/mol. The van der Waals surface area contributed by atoms with Crippen LogP contribution in [0, 0.1) is 0 Å². The van der Waals surface area contributed by atoms with Gasteiger partial charge in [0.25, 0.3) is 0 Å². The standard InChI is InChI=1S/C35H34F6O2.C2H6.CH2O/c1-31(2,3)25-11-7-23(8-12-25)24-9-17-28(18-10-24)42-29-19-13-26(14-20-29)33(34(36,37)38,35(39,40)41)27-15-21-30(22-16-27)43-32(4,5)6;2*1-2/h7-22H,1-6H3;1-2H3;1H2. The molecular formula is C38H42F6O3. The second kappa shape index (κ2) is 15.1. The quantitative estimate of drug-likeness (QED) is 0.193. The summed E-state index contributed by atoms with van der Waals surface area (Å²) in [7, 11) is 0. The van der Waals surface area contributed by atoms with Crippen molar-refractivity contribution in [1.29, 1.82) is 0 Å². The third-order valence-corrected chi connectivity index (χ3v) is 7.02. The molecule has 3 nitrogen and oxygen atoms in total. The Bertz CT molecular complexity index is 1510. The summed E-state index contributed by atoms with van der Waals surface area (Å²) < 4.78 is 98.6. The van der Waals surface area contributed by atoms with Crippen molar-refractivity contribution in [2.45, 2.75) is 84.2 Å². The van der Waals surface area contributed by atoms with E-state index in [-0.39, 0.29) is 16.9 Å². The molecule has 4 rings (SSSR count). The highest BCUT2D eigenvalue weighted by molar-refractivity contribution is 5.64. The van der Waals surface area contributed by atoms with E-state index in [0.29, 0.717) is 5.75 Å². The summed E-state index contributed by atoms with van der Waals surface area (Å²) in [6, 6.07) is 22.9. The molecule has 0 aliphatic heterocycles. The fraction of sp³-hybridized carbons (Fsp3) is 0.342. The molecule has 0 radical (unpaired) electrons. The first-order chi connectivity index (χ1) is 21.8. The van der Waals surface area contributed by atoms with Crippen LogP contribution >= 0.6 is 0 Å². The van der Waals surface area contributed by atoms with Gasteiger partial charge in [-0.2, -0.15) is 26.3 Å². The van der Waals surface area contributed by atoms with E-state index in [2.05, 4.69) is 32.9 Å². The summed E-state index contributed by atoms with van der Waals surface area (Å²) in [5.41, 5.74) is -3.72. The molecule has 254 valence electrons. The van der Waals surface area contributed by atoms with E-state index in [4.69, 9.17) is 14.3 Å². The van der Waals surface area contributed by atoms with Crippen LogP contribution < -0.4 is 9.47 Å². The second-order valence-electron chi connectivity index (χ2n) is 12.5. The molecule has 0 aliphatic carbocycles. The monoisotopic (exact) mass is 660 g/mol. The van der Waals surface area contributed by atoms with Gasteiger partial charge >= 0.3 is 12.4 Å². The van der Waals surface area contributed by atoms with Crippen molar-refractivity contribution in [3.8, 4) is 28.4 Å². The molecule has 0 unspecified atom stereocenters. The third-order valence-electron chi connectivity index (χ3n) is 7.02. The van der Waals surface area contributed by atoms with E-state index in [9.17, 15) is 26.3 Å². The molecule has 0 saturated carbocycles. The maximum absolute atomic E-state index is 14.5. The minimum absolute atomic E-state index is 0.0251. The van der Waals surface area contributed by atoms with Gasteiger partial charge in [-0.05, 0) is 90.4 Å². The van der Waals surface area contributed by atoms with Gasteiger partial charge < -0.3 is 14.3 Å². The molecule has 0 N–H and O–H groups in total. The van der Waals surface area contributed by atoms with Crippen LogP contribution in [0.3, 0.4) is 0 Å². The normalized spacial score (nSPS) is 12.2. The van der Waals surface area contributed by atoms with Crippen LogP contribution in [-0.4, -0.2) is 24.7 Å². The fourth-order valence-electron chi connectivity index (χ4n) is 4.90. The van der Waals surface area contributed by atoms with Crippen molar-refractivity contribution >= 4 is 6.79 Å². The highest BCUT2D eigenvalue weighted by atomic mass is 19.4. The minimum atomic E-state index is -5.69. The van der Waals surface area contributed by atoms with Crippen LogP contribution in [0.15, 0.2) is 97.1 Å². The Kier molecular flexibility index (Phi) is 12.5. The minimum Gasteiger partial charge on any atom is -0.488 e. The Balaban J connectivity index is 0.00000185. The summed E-state index contributed by atoms with van der Waals surface area (Å²) in [5.74, 6) is 0.638. The molecule has 0 fully saturated rings. The fourth-order valence-corrected chi connectivity index (χ4v) is 4.90. The van der Waals surface area contributed by atoms with Gasteiger partial charge in [-0.1, -0.05) is 95.3 Å². The summed E-state index contributed by atoms with van der Waals surface area (Å²) in [6.07, 6.45) is -11.4. The van der Waals surface area contributed by atoms with Crippen LogP contribution in [-0.2, 0) is 15.6 Å². The van der Waals surface area contributed by atoms with E-state index in [0.717, 1.165) is 59.7 Å². The molecule has 0 aromatic heterocycles. The molecule has 0 saturated heterocycles. The number of carbonyl (C=O) groups is 1. The molecule has 0 aliphatic rings. The molecular weight excluding hydrogens is 618 g/mol. The maximum atomic E-state index is 14.5. The number of carbonyl (C=O) groups excluding carboxylic acids is 1. The van der Waals surface area contributed by atoms with Gasteiger partial charge in [0.2, 0.25) is 5.41 Å². The van der Waals surface area contributed by atoms with Gasteiger partial charge in [0.1, 0.15) is 29.6 Å². The lowest BCUT2D eigenvalue weighted by atomic mass is 9.73. The highest BCUT2D eigenvalue weighted by Crippen LogP contribution is 2.56. The number of hydrogen-bond donors (Lipinski definition) is 0. The van der Waals surface area contributed by atoms with Gasteiger partial charge in [0, 0.05) is 0 Å². The van der Waals surface area contributed by atoms with Crippen LogP contribution in [0.5, 0.6) is 17.2 Å². The van der Waals surface area contributed by atoms with Crippen molar-refractivity contribution < 1.29 is 40.6 Å². The highest BCUT2D eigenvalue weighted by Gasteiger charge is 2.72. The number of benzene rings is 4. The van der Waals surface area contributed by atoms with Crippen molar-refractivity contribution in [2.75, 3.05) is 0 Å². The Morgan fingerprint density at radius 1 is 0.468 bits per heavy atom. The van der Waals surface area contributed by atoms with Crippen LogP contribution in [0.1, 0.15) is 72.1 Å². The molecule has 0 atom stereocenters. The first-order valence-electron chi connectivity index (χ1n) is 15.0. The lowest BCUT2D eigenvalue weighted by Gasteiger charge is -2.38. The number of halogens is 6. The summed E-state index contributed by atoms with van der Waals surface area (Å²) in [4.78, 5) is 8.00. The predicted octanol–water partition coefficient (Wildman–Crippen LogP) is 11.9. The first kappa shape index (κ1) is 38.9. The summed E-state index contributed by atoms with van der Waals surface area (Å²) >= 11 is 0. The average Bonchev–Trinajstić information content (AvgIpc) is 2.99. The SMILES string of the molecule is C=O.CC.CC(C)(C)Oc1ccc(C(c2ccc(Oc3ccc(-c4ccc(C(C)(C)C)cc4)cc3)cc2)(C(F)(F)F)C(F)(F)F)cc1. The molecule has 0 amide bonds. The van der Waals surface area contributed by atoms with E-state index < -0.39 is 34.5 Å². The zero-order valence-corrected chi connectivity index (χ0v) is 27.9. The Labute approximate surface area is 273 Å². The molecule has 0 heterocycles. The topological polar surface area (TPSA) is 35.5 Å². The Hall–Kier alpha value is -4.27. The third kappa shape index (κ3) is 9.18. The van der Waals surface area contributed by atoms with Crippen LogP contribution in [0.2, 0.25) is 0 Å². The van der Waals surface area contributed by atoms with E-state index >= 15 is 0 Å². The Morgan fingerprint density at radius 3 is 1.09 bits per heavy atom. The predicted molar refractivity (Wildman–Crippen MR) is 175 cm³/mol. The number of ether oxygens (including phenoxy) is 2. The number of alkyl halides is 6.